The van der Waals surface area contributed by atoms with Gasteiger partial charge >= 0.3 is 5.97 Å². The number of esters is 1. The third-order valence-corrected chi connectivity index (χ3v) is 1.96. The number of carbonyl (C=O) groups excluding carboxylic acids is 1. The first kappa shape index (κ1) is 11.3. The molecule has 0 heterocycles. The average Bonchev–Trinajstić information content (AvgIpc) is 2.29. The Labute approximate surface area is 89.3 Å². The summed E-state index contributed by atoms with van der Waals surface area (Å²) in [5.74, 6) is -0.361. The summed E-state index contributed by atoms with van der Waals surface area (Å²) in [7, 11) is 0. The molecule has 0 radical (unpaired) electrons. The molecule has 0 saturated carbocycles. The van der Waals surface area contributed by atoms with E-state index < -0.39 is 0 Å². The molecular weight excluding hydrogens is 190 g/mol. The molecule has 0 atom stereocenters. The van der Waals surface area contributed by atoms with Gasteiger partial charge in [0.05, 0.1) is 23.8 Å². The molecule has 0 bridgehead atoms. The number of nitrogens with zero attached hydrogens (tertiary/aromatic N) is 1. The number of nitriles is 1. The quantitative estimate of drug-likeness (QED) is 0.558. The number of unbranched alkanes of at least 4 members (excludes halogenated alkanes) is 1. The van der Waals surface area contributed by atoms with Gasteiger partial charge in [0.25, 0.3) is 0 Å². The summed E-state index contributed by atoms with van der Waals surface area (Å²) in [6.07, 6.45) is 1.86. The monoisotopic (exact) mass is 203 g/mol. The lowest BCUT2D eigenvalue weighted by molar-refractivity contribution is 0.0499. The molecule has 3 heteroatoms. The van der Waals surface area contributed by atoms with Crippen LogP contribution in [0.25, 0.3) is 0 Å². The summed E-state index contributed by atoms with van der Waals surface area (Å²) >= 11 is 0. The van der Waals surface area contributed by atoms with Crippen molar-refractivity contribution in [1.29, 1.82) is 5.26 Å². The van der Waals surface area contributed by atoms with Crippen molar-refractivity contribution in [2.45, 2.75) is 19.8 Å². The second-order valence-corrected chi connectivity index (χ2v) is 3.18. The maximum atomic E-state index is 11.5. The average molecular weight is 203 g/mol. The van der Waals surface area contributed by atoms with Crippen LogP contribution in [-0.4, -0.2) is 12.6 Å². The fourth-order valence-electron chi connectivity index (χ4n) is 1.11. The highest BCUT2D eigenvalue weighted by Gasteiger charge is 2.06. The third kappa shape index (κ3) is 3.43. The van der Waals surface area contributed by atoms with Crippen LogP contribution in [0, 0.1) is 11.3 Å². The summed E-state index contributed by atoms with van der Waals surface area (Å²) in [5, 5.41) is 8.66. The molecule has 0 amide bonds. The number of hydrogen-bond donors (Lipinski definition) is 0. The second kappa shape index (κ2) is 5.82. The molecule has 1 aromatic carbocycles. The highest BCUT2D eigenvalue weighted by Crippen LogP contribution is 2.06. The van der Waals surface area contributed by atoms with Crippen molar-refractivity contribution in [3.63, 3.8) is 0 Å². The van der Waals surface area contributed by atoms with Crippen LogP contribution >= 0.6 is 0 Å². The molecule has 0 aliphatic heterocycles. The van der Waals surface area contributed by atoms with Gasteiger partial charge in [0.2, 0.25) is 0 Å². The highest BCUT2D eigenvalue weighted by atomic mass is 16.5. The largest absolute Gasteiger partial charge is 0.462 e. The normalized spacial score (nSPS) is 9.33. The molecule has 1 aromatic rings. The predicted octanol–water partition coefficient (Wildman–Crippen LogP) is 2.52. The smallest absolute Gasteiger partial charge is 0.338 e. The van der Waals surface area contributed by atoms with Gasteiger partial charge in [0.15, 0.2) is 0 Å². The van der Waals surface area contributed by atoms with Gasteiger partial charge in [-0.2, -0.15) is 5.26 Å². The van der Waals surface area contributed by atoms with Crippen LogP contribution in [0.1, 0.15) is 35.7 Å². The van der Waals surface area contributed by atoms with Crippen LogP contribution in [0.15, 0.2) is 24.3 Å². The molecule has 0 aliphatic rings. The van der Waals surface area contributed by atoms with E-state index >= 15 is 0 Å². The van der Waals surface area contributed by atoms with Gasteiger partial charge in [0, 0.05) is 0 Å². The number of rotatable bonds is 4. The van der Waals surface area contributed by atoms with Crippen LogP contribution in [0.3, 0.4) is 0 Å². The zero-order valence-corrected chi connectivity index (χ0v) is 8.69. The Morgan fingerprint density at radius 1 is 1.53 bits per heavy atom. The number of ether oxygens (including phenoxy) is 1. The minimum atomic E-state index is -0.361. The van der Waals surface area contributed by atoms with Crippen molar-refractivity contribution in [1.82, 2.24) is 0 Å². The van der Waals surface area contributed by atoms with Crippen LogP contribution in [0.2, 0.25) is 0 Å². The Morgan fingerprint density at radius 3 is 3.00 bits per heavy atom. The summed E-state index contributed by atoms with van der Waals surface area (Å²) in [5.41, 5.74) is 0.907. The van der Waals surface area contributed by atoms with E-state index in [4.69, 9.17) is 10.00 Å². The molecule has 0 aromatic heterocycles. The maximum absolute atomic E-state index is 11.5. The lowest BCUT2D eigenvalue weighted by Gasteiger charge is -2.03. The lowest BCUT2D eigenvalue weighted by Crippen LogP contribution is -2.06. The van der Waals surface area contributed by atoms with Crippen LogP contribution in [-0.2, 0) is 4.74 Å². The van der Waals surface area contributed by atoms with Gasteiger partial charge < -0.3 is 4.74 Å². The second-order valence-electron chi connectivity index (χ2n) is 3.18. The van der Waals surface area contributed by atoms with Crippen molar-refractivity contribution < 1.29 is 9.53 Å². The molecule has 0 aliphatic carbocycles. The summed E-state index contributed by atoms with van der Waals surface area (Å²) in [4.78, 5) is 11.5. The summed E-state index contributed by atoms with van der Waals surface area (Å²) in [6.45, 7) is 2.47. The standard InChI is InChI=1S/C12H13NO2/c1-2-3-7-15-12(14)11-6-4-5-10(8-11)9-13/h4-6,8H,2-3,7H2,1H3. The van der Waals surface area contributed by atoms with Crippen molar-refractivity contribution in [2.75, 3.05) is 6.61 Å². The van der Waals surface area contributed by atoms with Crippen molar-refractivity contribution >= 4 is 5.97 Å². The van der Waals surface area contributed by atoms with Gasteiger partial charge in [-0.15, -0.1) is 0 Å². The molecule has 0 spiro atoms. The van der Waals surface area contributed by atoms with Gasteiger partial charge in [-0.05, 0) is 24.6 Å². The van der Waals surface area contributed by atoms with E-state index in [1.54, 1.807) is 18.2 Å². The Hall–Kier alpha value is -1.82. The van der Waals surface area contributed by atoms with E-state index in [-0.39, 0.29) is 5.97 Å². The molecule has 0 N–H and O–H groups in total. The Kier molecular flexibility index (Phi) is 4.36. The zero-order valence-electron chi connectivity index (χ0n) is 8.69. The fourth-order valence-corrected chi connectivity index (χ4v) is 1.11. The zero-order chi connectivity index (χ0) is 11.1. The minimum Gasteiger partial charge on any atom is -0.462 e. The van der Waals surface area contributed by atoms with E-state index in [9.17, 15) is 4.79 Å². The maximum Gasteiger partial charge on any atom is 0.338 e. The van der Waals surface area contributed by atoms with E-state index in [1.165, 1.54) is 6.07 Å². The first-order valence-corrected chi connectivity index (χ1v) is 4.95. The molecule has 0 unspecified atom stereocenters. The van der Waals surface area contributed by atoms with E-state index in [0.29, 0.717) is 17.7 Å². The van der Waals surface area contributed by atoms with Crippen LogP contribution in [0.5, 0.6) is 0 Å². The molecule has 0 fully saturated rings. The van der Waals surface area contributed by atoms with E-state index in [2.05, 4.69) is 0 Å². The Morgan fingerprint density at radius 2 is 2.33 bits per heavy atom. The third-order valence-electron chi connectivity index (χ3n) is 1.96. The topological polar surface area (TPSA) is 50.1 Å². The molecule has 3 nitrogen and oxygen atoms in total. The number of carbonyl (C=O) groups is 1. The summed E-state index contributed by atoms with van der Waals surface area (Å²) < 4.78 is 5.02. The molecule has 78 valence electrons. The highest BCUT2D eigenvalue weighted by molar-refractivity contribution is 5.89. The first-order chi connectivity index (χ1) is 7.27. The van der Waals surface area contributed by atoms with E-state index in [0.717, 1.165) is 12.8 Å². The van der Waals surface area contributed by atoms with Gasteiger partial charge in [-0.25, -0.2) is 4.79 Å². The SMILES string of the molecule is CCCCOC(=O)c1cccc(C#N)c1. The number of benzene rings is 1. The molecule has 1 rings (SSSR count). The fraction of sp³-hybridized carbons (Fsp3) is 0.333. The van der Waals surface area contributed by atoms with Crippen molar-refractivity contribution in [3.8, 4) is 6.07 Å². The molecular formula is C12H13NO2. The van der Waals surface area contributed by atoms with Gasteiger partial charge in [0.1, 0.15) is 0 Å². The lowest BCUT2D eigenvalue weighted by atomic mass is 10.1. The Balaban J connectivity index is 2.62. The predicted molar refractivity (Wildman–Crippen MR) is 56.3 cm³/mol. The van der Waals surface area contributed by atoms with E-state index in [1.807, 2.05) is 13.0 Å². The van der Waals surface area contributed by atoms with Crippen LogP contribution < -0.4 is 0 Å². The van der Waals surface area contributed by atoms with Gasteiger partial charge in [-0.1, -0.05) is 19.4 Å². The van der Waals surface area contributed by atoms with Crippen molar-refractivity contribution in [2.24, 2.45) is 0 Å². The van der Waals surface area contributed by atoms with Crippen LogP contribution in [0.4, 0.5) is 0 Å². The van der Waals surface area contributed by atoms with Crippen molar-refractivity contribution in [3.05, 3.63) is 35.4 Å². The number of hydrogen-bond acceptors (Lipinski definition) is 3. The molecule has 0 saturated heterocycles. The Bertz CT molecular complexity index is 379. The summed E-state index contributed by atoms with van der Waals surface area (Å²) in [6, 6.07) is 8.50. The first-order valence-electron chi connectivity index (χ1n) is 4.95. The molecule has 15 heavy (non-hydrogen) atoms. The minimum absolute atomic E-state index is 0.361. The van der Waals surface area contributed by atoms with Gasteiger partial charge in [-0.3, -0.25) is 0 Å².